The second-order valence-electron chi connectivity index (χ2n) is 7.31. The molecule has 4 heteroatoms. The molecule has 0 radical (unpaired) electrons. The number of carbonyl (C=O) groups is 1. The van der Waals surface area contributed by atoms with Gasteiger partial charge in [0, 0.05) is 0 Å². The highest BCUT2D eigenvalue weighted by atomic mass is 16.5. The van der Waals surface area contributed by atoms with Crippen molar-refractivity contribution < 1.29 is 19.0 Å². The lowest BCUT2D eigenvalue weighted by molar-refractivity contribution is 0.0734. The van der Waals surface area contributed by atoms with Gasteiger partial charge in [-0.15, -0.1) is 0 Å². The van der Waals surface area contributed by atoms with Gasteiger partial charge in [-0.1, -0.05) is 64.5 Å². The second kappa shape index (κ2) is 14.3. The topological polar surface area (TPSA) is 44.8 Å². The molecule has 0 amide bonds. The first-order valence-corrected chi connectivity index (χ1v) is 11.0. The highest BCUT2D eigenvalue weighted by Gasteiger charge is 2.09. The maximum atomic E-state index is 12.3. The Bertz CT molecular complexity index is 735. The summed E-state index contributed by atoms with van der Waals surface area (Å²) in [6, 6.07) is 14.0. The van der Waals surface area contributed by atoms with Crippen LogP contribution < -0.4 is 14.2 Å². The standard InChI is InChI=1S/C26H34O4/c1-3-5-6-7-8-9-10-11-21-29-24-16-18-25(19-17-24)30-26(27)22-12-14-23(15-13-22)28-20-4-2/h4,12-19H,2-3,5-11,20-21H2,1H3. The zero-order chi connectivity index (χ0) is 21.4. The molecule has 0 N–H and O–H groups in total. The summed E-state index contributed by atoms with van der Waals surface area (Å²) in [4.78, 5) is 12.3. The Balaban J connectivity index is 1.66. The minimum absolute atomic E-state index is 0.405. The van der Waals surface area contributed by atoms with E-state index < -0.39 is 5.97 Å². The van der Waals surface area contributed by atoms with Crippen molar-refractivity contribution in [2.45, 2.75) is 58.3 Å². The van der Waals surface area contributed by atoms with Crippen molar-refractivity contribution in [2.24, 2.45) is 0 Å². The number of benzene rings is 2. The lowest BCUT2D eigenvalue weighted by Gasteiger charge is -2.08. The molecule has 0 aliphatic heterocycles. The summed E-state index contributed by atoms with van der Waals surface area (Å²) >= 11 is 0. The first-order valence-electron chi connectivity index (χ1n) is 11.0. The van der Waals surface area contributed by atoms with Gasteiger partial charge < -0.3 is 14.2 Å². The van der Waals surface area contributed by atoms with Crippen LogP contribution in [-0.2, 0) is 0 Å². The van der Waals surface area contributed by atoms with Gasteiger partial charge in [-0.25, -0.2) is 4.79 Å². The molecule has 0 aromatic heterocycles. The van der Waals surface area contributed by atoms with Crippen LogP contribution in [0.4, 0.5) is 0 Å². The fourth-order valence-electron chi connectivity index (χ4n) is 3.04. The lowest BCUT2D eigenvalue weighted by Crippen LogP contribution is -2.08. The number of rotatable bonds is 15. The monoisotopic (exact) mass is 410 g/mol. The number of hydrogen-bond donors (Lipinski definition) is 0. The van der Waals surface area contributed by atoms with Crippen LogP contribution >= 0.6 is 0 Å². The van der Waals surface area contributed by atoms with Crippen molar-refractivity contribution in [3.05, 3.63) is 66.7 Å². The molecular formula is C26H34O4. The highest BCUT2D eigenvalue weighted by Crippen LogP contribution is 2.20. The molecule has 0 fully saturated rings. The Kier molecular flexibility index (Phi) is 11.2. The van der Waals surface area contributed by atoms with E-state index in [0.717, 1.165) is 12.2 Å². The van der Waals surface area contributed by atoms with Gasteiger partial charge in [0.25, 0.3) is 0 Å². The average molecular weight is 411 g/mol. The third-order valence-corrected chi connectivity index (χ3v) is 4.76. The molecule has 0 saturated heterocycles. The number of hydrogen-bond acceptors (Lipinski definition) is 4. The van der Waals surface area contributed by atoms with Crippen molar-refractivity contribution in [3.63, 3.8) is 0 Å². The van der Waals surface area contributed by atoms with E-state index >= 15 is 0 Å². The fraction of sp³-hybridized carbons (Fsp3) is 0.423. The molecule has 0 spiro atoms. The van der Waals surface area contributed by atoms with Crippen LogP contribution in [0.25, 0.3) is 0 Å². The van der Waals surface area contributed by atoms with Crippen molar-refractivity contribution in [2.75, 3.05) is 13.2 Å². The van der Waals surface area contributed by atoms with Gasteiger partial charge in [-0.2, -0.15) is 0 Å². The summed E-state index contributed by atoms with van der Waals surface area (Å²) in [6.07, 6.45) is 11.9. The van der Waals surface area contributed by atoms with Gasteiger partial charge in [0.2, 0.25) is 0 Å². The Hall–Kier alpha value is -2.75. The van der Waals surface area contributed by atoms with E-state index in [9.17, 15) is 4.79 Å². The van der Waals surface area contributed by atoms with Crippen LogP contribution in [0.2, 0.25) is 0 Å². The molecule has 4 nitrogen and oxygen atoms in total. The predicted octanol–water partition coefficient (Wildman–Crippen LogP) is 6.99. The third-order valence-electron chi connectivity index (χ3n) is 4.76. The summed E-state index contributed by atoms with van der Waals surface area (Å²) in [6.45, 7) is 6.99. The van der Waals surface area contributed by atoms with E-state index in [0.29, 0.717) is 30.3 Å². The maximum Gasteiger partial charge on any atom is 0.343 e. The number of unbranched alkanes of at least 4 members (excludes halogenated alkanes) is 7. The largest absolute Gasteiger partial charge is 0.494 e. The third kappa shape index (κ3) is 9.17. The van der Waals surface area contributed by atoms with Crippen LogP contribution in [0.5, 0.6) is 17.2 Å². The molecule has 2 rings (SSSR count). The van der Waals surface area contributed by atoms with E-state index in [1.54, 1.807) is 42.5 Å². The summed E-state index contributed by atoms with van der Waals surface area (Å²) in [5, 5.41) is 0. The van der Waals surface area contributed by atoms with E-state index in [4.69, 9.17) is 14.2 Å². The number of carbonyl (C=O) groups excluding carboxylic acids is 1. The zero-order valence-electron chi connectivity index (χ0n) is 18.1. The van der Waals surface area contributed by atoms with E-state index in [1.165, 1.54) is 44.9 Å². The van der Waals surface area contributed by atoms with Crippen molar-refractivity contribution in [1.29, 1.82) is 0 Å². The normalized spacial score (nSPS) is 10.4. The van der Waals surface area contributed by atoms with Gasteiger partial charge >= 0.3 is 5.97 Å². The Morgan fingerprint density at radius 3 is 1.93 bits per heavy atom. The van der Waals surface area contributed by atoms with Gasteiger partial charge in [-0.3, -0.25) is 0 Å². The molecule has 0 unspecified atom stereocenters. The minimum atomic E-state index is -0.405. The number of esters is 1. The van der Waals surface area contributed by atoms with E-state index in [1.807, 2.05) is 12.1 Å². The summed E-state index contributed by atoms with van der Waals surface area (Å²) in [5.41, 5.74) is 0.468. The quantitative estimate of drug-likeness (QED) is 0.137. The summed E-state index contributed by atoms with van der Waals surface area (Å²) < 4.78 is 16.6. The zero-order valence-corrected chi connectivity index (χ0v) is 18.1. The van der Waals surface area contributed by atoms with E-state index in [-0.39, 0.29) is 0 Å². The van der Waals surface area contributed by atoms with Gasteiger partial charge in [0.05, 0.1) is 12.2 Å². The van der Waals surface area contributed by atoms with Gasteiger partial charge in [0.1, 0.15) is 23.9 Å². The Labute approximate surface area is 180 Å². The minimum Gasteiger partial charge on any atom is -0.494 e. The van der Waals surface area contributed by atoms with Crippen LogP contribution in [0, 0.1) is 0 Å². The Morgan fingerprint density at radius 2 is 1.30 bits per heavy atom. The molecule has 0 aliphatic carbocycles. The molecule has 0 saturated carbocycles. The fourth-order valence-corrected chi connectivity index (χ4v) is 3.04. The molecular weight excluding hydrogens is 376 g/mol. The molecule has 162 valence electrons. The summed E-state index contributed by atoms with van der Waals surface area (Å²) in [5.74, 6) is 1.56. The van der Waals surface area contributed by atoms with Crippen LogP contribution in [-0.4, -0.2) is 19.2 Å². The molecule has 0 aliphatic rings. The van der Waals surface area contributed by atoms with Crippen LogP contribution in [0.1, 0.15) is 68.6 Å². The van der Waals surface area contributed by atoms with E-state index in [2.05, 4.69) is 13.5 Å². The molecule has 2 aromatic rings. The van der Waals surface area contributed by atoms with Gasteiger partial charge in [0.15, 0.2) is 0 Å². The molecule has 0 atom stereocenters. The first-order chi connectivity index (χ1) is 14.7. The SMILES string of the molecule is C=CCOc1ccc(C(=O)Oc2ccc(OCCCCCCCCCC)cc2)cc1. The average Bonchev–Trinajstić information content (AvgIpc) is 2.78. The van der Waals surface area contributed by atoms with Crippen LogP contribution in [0.15, 0.2) is 61.2 Å². The second-order valence-corrected chi connectivity index (χ2v) is 7.31. The molecule has 30 heavy (non-hydrogen) atoms. The summed E-state index contributed by atoms with van der Waals surface area (Å²) in [7, 11) is 0. The smallest absolute Gasteiger partial charge is 0.343 e. The first kappa shape index (κ1) is 23.5. The van der Waals surface area contributed by atoms with Crippen molar-refractivity contribution in [1.82, 2.24) is 0 Å². The number of ether oxygens (including phenoxy) is 3. The molecule has 2 aromatic carbocycles. The lowest BCUT2D eigenvalue weighted by atomic mass is 10.1. The molecule has 0 heterocycles. The van der Waals surface area contributed by atoms with Crippen molar-refractivity contribution >= 4 is 5.97 Å². The molecule has 0 bridgehead atoms. The maximum absolute atomic E-state index is 12.3. The Morgan fingerprint density at radius 1 is 0.767 bits per heavy atom. The van der Waals surface area contributed by atoms with Crippen LogP contribution in [0.3, 0.4) is 0 Å². The predicted molar refractivity (Wildman–Crippen MR) is 122 cm³/mol. The van der Waals surface area contributed by atoms with Gasteiger partial charge in [-0.05, 0) is 55.0 Å². The highest BCUT2D eigenvalue weighted by molar-refractivity contribution is 5.91. The van der Waals surface area contributed by atoms with Crippen molar-refractivity contribution in [3.8, 4) is 17.2 Å².